The first-order valence-corrected chi connectivity index (χ1v) is 11.2. The number of amides is 2. The van der Waals surface area contributed by atoms with Crippen molar-refractivity contribution in [2.75, 3.05) is 47.1 Å². The summed E-state index contributed by atoms with van der Waals surface area (Å²) >= 11 is 0. The Balaban J connectivity index is 1.99. The first-order chi connectivity index (χ1) is 15.5. The van der Waals surface area contributed by atoms with Crippen LogP contribution in [0.2, 0.25) is 0 Å². The highest BCUT2D eigenvalue weighted by molar-refractivity contribution is 5.88. The van der Waals surface area contributed by atoms with Gasteiger partial charge < -0.3 is 29.8 Å². The van der Waals surface area contributed by atoms with Crippen molar-refractivity contribution in [2.24, 2.45) is 11.8 Å². The topological polar surface area (TPSA) is 115 Å². The zero-order chi connectivity index (χ0) is 23.3. The van der Waals surface area contributed by atoms with Gasteiger partial charge in [-0.2, -0.15) is 0 Å². The number of nitrogens with two attached hydrogens (primary N) is 1. The van der Waals surface area contributed by atoms with E-state index in [9.17, 15) is 9.59 Å². The van der Waals surface area contributed by atoms with Gasteiger partial charge in [-0.1, -0.05) is 37.3 Å². The number of ether oxygens (including phenoxy) is 2. The molecule has 1 aliphatic heterocycles. The summed E-state index contributed by atoms with van der Waals surface area (Å²) in [4.78, 5) is 32.7. The maximum Gasteiger partial charge on any atom is 0.243 e. The van der Waals surface area contributed by atoms with E-state index in [0.29, 0.717) is 26.2 Å². The first-order valence-electron chi connectivity index (χ1n) is 11.2. The van der Waals surface area contributed by atoms with E-state index in [0.717, 1.165) is 24.9 Å². The maximum absolute atomic E-state index is 13.1. The van der Waals surface area contributed by atoms with Gasteiger partial charge in [-0.25, -0.2) is 5.90 Å². The number of nitrogens with zero attached hydrogens (tertiary/aromatic N) is 1. The summed E-state index contributed by atoms with van der Waals surface area (Å²) in [6.45, 7) is 4.15. The van der Waals surface area contributed by atoms with Crippen LogP contribution in [0.1, 0.15) is 25.3 Å². The molecular formula is C23H38N4O5. The van der Waals surface area contributed by atoms with Gasteiger partial charge >= 0.3 is 0 Å². The number of likely N-dealkylation sites (tertiary alicyclic amines) is 1. The van der Waals surface area contributed by atoms with Crippen LogP contribution in [-0.2, 0) is 30.3 Å². The van der Waals surface area contributed by atoms with Crippen LogP contribution in [0.25, 0.3) is 0 Å². The molecule has 2 amide bonds. The molecule has 32 heavy (non-hydrogen) atoms. The zero-order valence-corrected chi connectivity index (χ0v) is 19.4. The van der Waals surface area contributed by atoms with Crippen molar-refractivity contribution in [1.29, 1.82) is 0 Å². The van der Waals surface area contributed by atoms with Gasteiger partial charge in [0.1, 0.15) is 6.04 Å². The largest absolute Gasteiger partial charge is 0.379 e. The number of carbonyl (C=O) groups excluding carboxylic acids is 2. The monoisotopic (exact) mass is 450 g/mol. The third-order valence-corrected chi connectivity index (χ3v) is 5.94. The van der Waals surface area contributed by atoms with Crippen molar-refractivity contribution in [3.05, 3.63) is 35.9 Å². The minimum atomic E-state index is -0.696. The van der Waals surface area contributed by atoms with E-state index >= 15 is 0 Å². The Hall–Kier alpha value is -2.04. The Kier molecular flexibility index (Phi) is 11.6. The Bertz CT molecular complexity index is 690. The third-order valence-electron chi connectivity index (χ3n) is 5.94. The Morgan fingerprint density at radius 3 is 2.56 bits per heavy atom. The van der Waals surface area contributed by atoms with E-state index in [1.54, 1.807) is 7.11 Å². The number of carbonyl (C=O) groups is 2. The van der Waals surface area contributed by atoms with Gasteiger partial charge in [-0.05, 0) is 32.0 Å². The third kappa shape index (κ3) is 8.14. The van der Waals surface area contributed by atoms with Gasteiger partial charge in [-0.3, -0.25) is 9.59 Å². The van der Waals surface area contributed by atoms with Crippen LogP contribution in [0, 0.1) is 5.92 Å². The molecule has 0 saturated carbocycles. The number of benzene rings is 1. The molecule has 9 nitrogen and oxygen atoms in total. The summed E-state index contributed by atoms with van der Waals surface area (Å²) in [5, 5.41) is 5.79. The molecular weight excluding hydrogens is 412 g/mol. The van der Waals surface area contributed by atoms with E-state index in [1.807, 2.05) is 37.3 Å². The molecule has 180 valence electrons. The van der Waals surface area contributed by atoms with E-state index in [-0.39, 0.29) is 30.6 Å². The quantitative estimate of drug-likeness (QED) is 0.279. The molecule has 0 aromatic heterocycles. The maximum atomic E-state index is 13.1. The fourth-order valence-corrected chi connectivity index (χ4v) is 4.14. The molecule has 0 radical (unpaired) electrons. The highest BCUT2D eigenvalue weighted by atomic mass is 16.6. The number of hydrogen-bond donors (Lipinski definition) is 3. The van der Waals surface area contributed by atoms with E-state index < -0.39 is 12.0 Å². The summed E-state index contributed by atoms with van der Waals surface area (Å²) in [5.74, 6) is 4.12. The molecule has 2 rings (SSSR count). The second-order valence-corrected chi connectivity index (χ2v) is 8.20. The van der Waals surface area contributed by atoms with Crippen molar-refractivity contribution in [1.82, 2.24) is 15.5 Å². The molecule has 9 heteroatoms. The van der Waals surface area contributed by atoms with Gasteiger partial charge in [0.2, 0.25) is 11.8 Å². The van der Waals surface area contributed by atoms with Crippen LogP contribution in [-0.4, -0.2) is 82.0 Å². The molecule has 0 aliphatic carbocycles. The lowest BCUT2D eigenvalue weighted by atomic mass is 9.94. The molecule has 1 saturated heterocycles. The summed E-state index contributed by atoms with van der Waals surface area (Å²) in [7, 11) is 3.70. The van der Waals surface area contributed by atoms with Crippen molar-refractivity contribution in [3.8, 4) is 0 Å². The molecule has 1 aromatic rings. The average Bonchev–Trinajstić information content (AvgIpc) is 3.22. The molecule has 4 unspecified atom stereocenters. The van der Waals surface area contributed by atoms with Crippen LogP contribution in [0.15, 0.2) is 30.3 Å². The Morgan fingerprint density at radius 1 is 1.19 bits per heavy atom. The number of hydrogen-bond acceptors (Lipinski definition) is 7. The number of likely N-dealkylation sites (N-methyl/N-ethyl adjacent to an activating group) is 1. The molecule has 1 fully saturated rings. The zero-order valence-electron chi connectivity index (χ0n) is 19.4. The summed E-state index contributed by atoms with van der Waals surface area (Å²) in [6, 6.07) is 9.13. The van der Waals surface area contributed by atoms with E-state index in [4.69, 9.17) is 15.4 Å². The van der Waals surface area contributed by atoms with Gasteiger partial charge in [0.05, 0.1) is 31.8 Å². The minimum absolute atomic E-state index is 0.190. The lowest BCUT2D eigenvalue weighted by molar-refractivity contribution is -0.135. The number of methoxy groups -OCH3 is 1. The highest BCUT2D eigenvalue weighted by Gasteiger charge is 2.37. The van der Waals surface area contributed by atoms with E-state index in [2.05, 4.69) is 27.4 Å². The predicted octanol–water partition coefficient (Wildman–Crippen LogP) is 0.482. The fourth-order valence-electron chi connectivity index (χ4n) is 4.14. The van der Waals surface area contributed by atoms with Gasteiger partial charge in [-0.15, -0.1) is 0 Å². The summed E-state index contributed by atoms with van der Waals surface area (Å²) in [6.07, 6.45) is 2.25. The average molecular weight is 451 g/mol. The molecule has 1 aromatic carbocycles. The van der Waals surface area contributed by atoms with Crippen molar-refractivity contribution >= 4 is 11.8 Å². The molecule has 4 N–H and O–H groups in total. The minimum Gasteiger partial charge on any atom is -0.379 e. The smallest absolute Gasteiger partial charge is 0.243 e. The Labute approximate surface area is 190 Å². The molecule has 1 aliphatic rings. The lowest BCUT2D eigenvalue weighted by Gasteiger charge is -2.32. The Morgan fingerprint density at radius 2 is 1.94 bits per heavy atom. The SMILES string of the molecule is COC(C(C)C(=O)NC(Cc1ccccc1)C(=O)NCCOCCON)C1CCCN1C. The normalized spacial score (nSPS) is 19.3. The molecule has 0 bridgehead atoms. The van der Waals surface area contributed by atoms with Crippen molar-refractivity contribution < 1.29 is 23.9 Å². The number of rotatable bonds is 14. The molecule has 1 heterocycles. The lowest BCUT2D eigenvalue weighted by Crippen LogP contribution is -2.53. The van der Waals surface area contributed by atoms with E-state index in [1.165, 1.54) is 0 Å². The van der Waals surface area contributed by atoms with Crippen LogP contribution in [0.3, 0.4) is 0 Å². The van der Waals surface area contributed by atoms with Crippen LogP contribution in [0.4, 0.5) is 0 Å². The first kappa shape index (κ1) is 26.2. The fraction of sp³-hybridized carbons (Fsp3) is 0.652. The van der Waals surface area contributed by atoms with Crippen LogP contribution in [0.5, 0.6) is 0 Å². The second-order valence-electron chi connectivity index (χ2n) is 8.20. The summed E-state index contributed by atoms with van der Waals surface area (Å²) in [5.41, 5.74) is 0.968. The van der Waals surface area contributed by atoms with Crippen molar-refractivity contribution in [3.63, 3.8) is 0 Å². The highest BCUT2D eigenvalue weighted by Crippen LogP contribution is 2.24. The molecule has 0 spiro atoms. The second kappa shape index (κ2) is 14.2. The predicted molar refractivity (Wildman–Crippen MR) is 122 cm³/mol. The molecule has 4 atom stereocenters. The summed E-state index contributed by atoms with van der Waals surface area (Å²) < 4.78 is 11.0. The van der Waals surface area contributed by atoms with Crippen LogP contribution < -0.4 is 16.5 Å². The standard InChI is InChI=1S/C23H38N4O5/c1-17(21(30-3)20-10-7-12-27(20)2)22(28)26-19(16-18-8-5-4-6-9-18)23(29)25-11-13-31-14-15-32-24/h4-6,8-9,17,19-21H,7,10-16,24H2,1-3H3,(H,25,29)(H,26,28). The van der Waals surface area contributed by atoms with Gasteiger partial charge in [0.15, 0.2) is 0 Å². The van der Waals surface area contributed by atoms with Gasteiger partial charge in [0.25, 0.3) is 0 Å². The van der Waals surface area contributed by atoms with Crippen LogP contribution >= 0.6 is 0 Å². The number of nitrogens with one attached hydrogen (secondary N) is 2. The van der Waals surface area contributed by atoms with Crippen molar-refractivity contribution in [2.45, 2.75) is 44.4 Å². The van der Waals surface area contributed by atoms with Gasteiger partial charge in [0, 0.05) is 26.1 Å².